The Morgan fingerprint density at radius 3 is 2.56 bits per heavy atom. The van der Waals surface area contributed by atoms with Gasteiger partial charge in [-0.15, -0.1) is 0 Å². The van der Waals surface area contributed by atoms with Crippen molar-refractivity contribution in [2.75, 3.05) is 11.4 Å². The average Bonchev–Trinajstić information content (AvgIpc) is 3.04. The molecule has 2 N–H and O–H groups in total. The molecule has 5 heteroatoms. The maximum atomic E-state index is 11.3. The van der Waals surface area contributed by atoms with Crippen molar-refractivity contribution >= 4 is 11.9 Å². The third-order valence-corrected chi connectivity index (χ3v) is 6.03. The van der Waals surface area contributed by atoms with Crippen molar-refractivity contribution in [1.82, 2.24) is 9.97 Å². The van der Waals surface area contributed by atoms with Crippen LogP contribution in [0.4, 0.5) is 5.95 Å². The molecule has 5 nitrogen and oxygen atoms in total. The van der Waals surface area contributed by atoms with Gasteiger partial charge in [0.05, 0.1) is 5.69 Å². The lowest BCUT2D eigenvalue weighted by Crippen LogP contribution is -2.32. The zero-order valence-electron chi connectivity index (χ0n) is 14.3. The summed E-state index contributed by atoms with van der Waals surface area (Å²) in [6, 6.07) is 7.50. The lowest BCUT2D eigenvalue weighted by molar-refractivity contribution is 0.100. The minimum absolute atomic E-state index is 0.347. The fraction of sp³-hybridized carbons (Fsp3) is 0.450. The summed E-state index contributed by atoms with van der Waals surface area (Å²) in [5.41, 5.74) is 10.8. The number of hydrogen-bond donors (Lipinski definition) is 1. The van der Waals surface area contributed by atoms with Crippen molar-refractivity contribution in [3.8, 4) is 11.3 Å². The Hall–Kier alpha value is -2.43. The summed E-state index contributed by atoms with van der Waals surface area (Å²) < 4.78 is 0. The van der Waals surface area contributed by atoms with E-state index >= 15 is 0 Å². The third kappa shape index (κ3) is 2.33. The third-order valence-electron chi connectivity index (χ3n) is 6.03. The zero-order valence-corrected chi connectivity index (χ0v) is 14.3. The number of nitrogens with two attached hydrogens (primary N) is 1. The number of rotatable bonds is 3. The Morgan fingerprint density at radius 1 is 1.04 bits per heavy atom. The van der Waals surface area contributed by atoms with E-state index in [0.29, 0.717) is 11.1 Å². The molecule has 1 aromatic heterocycles. The smallest absolute Gasteiger partial charge is 0.248 e. The predicted molar refractivity (Wildman–Crippen MR) is 96.6 cm³/mol. The zero-order chi connectivity index (χ0) is 17.0. The van der Waals surface area contributed by atoms with Gasteiger partial charge in [0.1, 0.15) is 0 Å². The van der Waals surface area contributed by atoms with E-state index in [4.69, 9.17) is 15.7 Å². The van der Waals surface area contributed by atoms with Crippen LogP contribution in [0.3, 0.4) is 0 Å². The van der Waals surface area contributed by atoms with Crippen molar-refractivity contribution in [2.45, 2.75) is 50.5 Å². The minimum Gasteiger partial charge on any atom is -0.366 e. The molecule has 0 atom stereocenters. The summed E-state index contributed by atoms with van der Waals surface area (Å²) in [6.07, 6.45) is 8.28. The highest BCUT2D eigenvalue weighted by Gasteiger charge is 2.52. The molecule has 1 spiro atoms. The number of carbonyl (C=O) groups excluding carboxylic acids is 1. The first kappa shape index (κ1) is 14.9. The summed E-state index contributed by atoms with van der Waals surface area (Å²) in [4.78, 5) is 23.7. The van der Waals surface area contributed by atoms with Crippen LogP contribution in [0.15, 0.2) is 24.3 Å². The number of anilines is 1. The molecule has 2 aromatic rings. The van der Waals surface area contributed by atoms with Gasteiger partial charge in [-0.1, -0.05) is 12.1 Å². The number of carbonyl (C=O) groups is 1. The van der Waals surface area contributed by atoms with Gasteiger partial charge in [0.15, 0.2) is 0 Å². The van der Waals surface area contributed by atoms with Crippen molar-refractivity contribution in [1.29, 1.82) is 0 Å². The normalized spacial score (nSPS) is 20.1. The minimum atomic E-state index is -0.395. The van der Waals surface area contributed by atoms with E-state index in [1.165, 1.54) is 36.9 Å². The van der Waals surface area contributed by atoms with E-state index < -0.39 is 5.91 Å². The molecule has 0 unspecified atom stereocenters. The number of aromatic nitrogens is 2. The number of benzene rings is 1. The molecule has 3 aliphatic rings. The highest BCUT2D eigenvalue weighted by Crippen LogP contribution is 2.51. The molecule has 2 aliphatic carbocycles. The van der Waals surface area contributed by atoms with Gasteiger partial charge in [0, 0.05) is 34.5 Å². The molecule has 0 radical (unpaired) electrons. The lowest BCUT2D eigenvalue weighted by atomic mass is 10.0. The van der Waals surface area contributed by atoms with Gasteiger partial charge in [-0.2, -0.15) is 0 Å². The van der Waals surface area contributed by atoms with E-state index in [1.54, 1.807) is 12.1 Å². The fourth-order valence-corrected chi connectivity index (χ4v) is 4.49. The Morgan fingerprint density at radius 2 is 1.84 bits per heavy atom. The first-order valence-electron chi connectivity index (χ1n) is 9.24. The molecule has 1 saturated carbocycles. The Kier molecular flexibility index (Phi) is 3.14. The molecule has 1 aromatic carbocycles. The number of aryl methyl sites for hydroxylation is 1. The predicted octanol–water partition coefficient (Wildman–Crippen LogP) is 2.86. The highest BCUT2D eigenvalue weighted by atomic mass is 16.1. The largest absolute Gasteiger partial charge is 0.366 e. The lowest BCUT2D eigenvalue weighted by Gasteiger charge is -2.25. The molecule has 25 heavy (non-hydrogen) atoms. The van der Waals surface area contributed by atoms with Gasteiger partial charge in [-0.25, -0.2) is 9.97 Å². The van der Waals surface area contributed by atoms with Gasteiger partial charge in [0.2, 0.25) is 11.9 Å². The highest BCUT2D eigenvalue weighted by molar-refractivity contribution is 5.93. The quantitative estimate of drug-likeness (QED) is 0.937. The SMILES string of the molecule is NC(=O)c1ccc(-c2nc(N3CCCC34CC4)nc3c2CCC3)cc1. The standard InChI is InChI=1S/C20H22N4O/c21-18(25)14-7-5-13(6-8-14)17-15-3-1-4-16(15)22-19(23-17)24-12-2-9-20(24)10-11-20/h5-8H,1-4,9-12H2,(H2,21,25). The van der Waals surface area contributed by atoms with Crippen LogP contribution < -0.4 is 10.6 Å². The molecular weight excluding hydrogens is 312 g/mol. The number of nitrogens with zero attached hydrogens (tertiary/aromatic N) is 3. The van der Waals surface area contributed by atoms with Crippen molar-refractivity contribution in [3.63, 3.8) is 0 Å². The maximum absolute atomic E-state index is 11.3. The van der Waals surface area contributed by atoms with E-state index in [1.807, 2.05) is 12.1 Å². The monoisotopic (exact) mass is 334 g/mol. The fourth-order valence-electron chi connectivity index (χ4n) is 4.49. The molecule has 1 saturated heterocycles. The van der Waals surface area contributed by atoms with Gasteiger partial charge < -0.3 is 10.6 Å². The topological polar surface area (TPSA) is 72.1 Å². The molecule has 5 rings (SSSR count). The summed E-state index contributed by atoms with van der Waals surface area (Å²) in [7, 11) is 0. The van der Waals surface area contributed by atoms with Crippen LogP contribution in [-0.4, -0.2) is 28.0 Å². The number of hydrogen-bond acceptors (Lipinski definition) is 4. The van der Waals surface area contributed by atoms with E-state index in [2.05, 4.69) is 4.90 Å². The number of primary amides is 1. The maximum Gasteiger partial charge on any atom is 0.248 e. The van der Waals surface area contributed by atoms with E-state index in [0.717, 1.165) is 43.0 Å². The second kappa shape index (κ2) is 5.28. The first-order valence-corrected chi connectivity index (χ1v) is 9.24. The van der Waals surface area contributed by atoms with Crippen LogP contribution in [0.2, 0.25) is 0 Å². The van der Waals surface area contributed by atoms with Crippen LogP contribution in [0, 0.1) is 0 Å². The summed E-state index contributed by atoms with van der Waals surface area (Å²) >= 11 is 0. The van der Waals surface area contributed by atoms with Crippen LogP contribution in [0.1, 0.15) is 53.7 Å². The molecule has 128 valence electrons. The Labute approximate surface area is 147 Å². The van der Waals surface area contributed by atoms with Gasteiger partial charge >= 0.3 is 0 Å². The summed E-state index contributed by atoms with van der Waals surface area (Å²) in [6.45, 7) is 1.07. The molecule has 1 amide bonds. The van der Waals surface area contributed by atoms with Gasteiger partial charge in [0.25, 0.3) is 0 Å². The van der Waals surface area contributed by atoms with Crippen LogP contribution in [0.5, 0.6) is 0 Å². The summed E-state index contributed by atoms with van der Waals surface area (Å²) in [5.74, 6) is 0.512. The second-order valence-corrected chi connectivity index (χ2v) is 7.57. The average molecular weight is 334 g/mol. The van der Waals surface area contributed by atoms with Crippen LogP contribution >= 0.6 is 0 Å². The van der Waals surface area contributed by atoms with E-state index in [-0.39, 0.29) is 0 Å². The molecule has 1 aliphatic heterocycles. The molecule has 2 fully saturated rings. The van der Waals surface area contributed by atoms with Crippen LogP contribution in [0.25, 0.3) is 11.3 Å². The Balaban J connectivity index is 1.60. The van der Waals surface area contributed by atoms with Crippen LogP contribution in [-0.2, 0) is 12.8 Å². The second-order valence-electron chi connectivity index (χ2n) is 7.57. The van der Waals surface area contributed by atoms with E-state index in [9.17, 15) is 4.79 Å². The Bertz CT molecular complexity index is 855. The van der Waals surface area contributed by atoms with Crippen molar-refractivity contribution < 1.29 is 4.79 Å². The van der Waals surface area contributed by atoms with Crippen molar-refractivity contribution in [2.24, 2.45) is 5.73 Å². The molecule has 0 bridgehead atoms. The van der Waals surface area contributed by atoms with Gasteiger partial charge in [-0.05, 0) is 57.1 Å². The summed E-state index contributed by atoms with van der Waals surface area (Å²) in [5, 5.41) is 0. The number of fused-ring (bicyclic) bond motifs is 1. The molecular formula is C20H22N4O. The first-order chi connectivity index (χ1) is 12.2. The van der Waals surface area contributed by atoms with Gasteiger partial charge in [-0.3, -0.25) is 4.79 Å². The van der Waals surface area contributed by atoms with Crippen molar-refractivity contribution in [3.05, 3.63) is 41.1 Å². The molecule has 2 heterocycles. The number of amides is 1.